The SMILES string of the molecule is CC(C)(C)c1cc(N)c2ccc3c(c2n1)CCCC3. The van der Waals surface area contributed by atoms with E-state index in [1.807, 2.05) is 6.07 Å². The summed E-state index contributed by atoms with van der Waals surface area (Å²) < 4.78 is 0. The molecular weight excluding hydrogens is 232 g/mol. The molecule has 0 bridgehead atoms. The summed E-state index contributed by atoms with van der Waals surface area (Å²) in [5, 5.41) is 1.12. The van der Waals surface area contributed by atoms with Crippen molar-refractivity contribution in [3.05, 3.63) is 35.0 Å². The Hall–Kier alpha value is -1.57. The van der Waals surface area contributed by atoms with E-state index in [2.05, 4.69) is 32.9 Å². The van der Waals surface area contributed by atoms with E-state index in [1.165, 1.54) is 30.4 Å². The maximum absolute atomic E-state index is 6.25. The zero-order valence-corrected chi connectivity index (χ0v) is 12.1. The van der Waals surface area contributed by atoms with E-state index >= 15 is 0 Å². The van der Waals surface area contributed by atoms with Gasteiger partial charge in [-0.15, -0.1) is 0 Å². The molecule has 0 fully saturated rings. The Kier molecular flexibility index (Phi) is 2.77. The van der Waals surface area contributed by atoms with Gasteiger partial charge >= 0.3 is 0 Å². The third-order valence-corrected chi connectivity index (χ3v) is 4.11. The Labute approximate surface area is 115 Å². The molecule has 2 heteroatoms. The number of pyridine rings is 1. The third kappa shape index (κ3) is 2.09. The number of fused-ring (bicyclic) bond motifs is 3. The number of rotatable bonds is 0. The van der Waals surface area contributed by atoms with E-state index in [1.54, 1.807) is 0 Å². The zero-order valence-electron chi connectivity index (χ0n) is 12.1. The van der Waals surface area contributed by atoms with Crippen molar-refractivity contribution in [2.45, 2.75) is 51.9 Å². The summed E-state index contributed by atoms with van der Waals surface area (Å²) in [6.45, 7) is 6.57. The standard InChI is InChI=1S/C17H22N2/c1-17(2,3)15-10-14(18)13-9-8-11-6-4-5-7-12(11)16(13)19-15/h8-10H,4-7H2,1-3H3,(H2,18,19). The largest absolute Gasteiger partial charge is 0.398 e. The van der Waals surface area contributed by atoms with Gasteiger partial charge < -0.3 is 5.73 Å². The number of anilines is 1. The average Bonchev–Trinajstić information content (AvgIpc) is 2.37. The van der Waals surface area contributed by atoms with Crippen LogP contribution >= 0.6 is 0 Å². The number of nitrogens with two attached hydrogens (primary N) is 1. The summed E-state index contributed by atoms with van der Waals surface area (Å²) in [6.07, 6.45) is 4.90. The number of aromatic nitrogens is 1. The molecule has 0 unspecified atom stereocenters. The highest BCUT2D eigenvalue weighted by atomic mass is 14.7. The molecule has 0 atom stereocenters. The summed E-state index contributed by atoms with van der Waals surface area (Å²) in [4.78, 5) is 4.94. The second kappa shape index (κ2) is 4.22. The first-order valence-electron chi connectivity index (χ1n) is 7.18. The summed E-state index contributed by atoms with van der Waals surface area (Å²) in [5.41, 5.74) is 12.3. The normalized spacial score (nSPS) is 15.5. The third-order valence-electron chi connectivity index (χ3n) is 4.11. The minimum Gasteiger partial charge on any atom is -0.398 e. The van der Waals surface area contributed by atoms with E-state index in [9.17, 15) is 0 Å². The second-order valence-electron chi connectivity index (χ2n) is 6.65. The van der Waals surface area contributed by atoms with Gasteiger partial charge in [0.05, 0.1) is 5.52 Å². The first kappa shape index (κ1) is 12.5. The highest BCUT2D eigenvalue weighted by molar-refractivity contribution is 5.93. The van der Waals surface area contributed by atoms with Gasteiger partial charge in [0, 0.05) is 22.2 Å². The van der Waals surface area contributed by atoms with Crippen LogP contribution in [-0.4, -0.2) is 4.98 Å². The first-order valence-corrected chi connectivity index (χ1v) is 7.18. The molecule has 0 radical (unpaired) electrons. The van der Waals surface area contributed by atoms with Crippen LogP contribution in [0.15, 0.2) is 18.2 Å². The van der Waals surface area contributed by atoms with Gasteiger partial charge in [-0.2, -0.15) is 0 Å². The van der Waals surface area contributed by atoms with E-state index < -0.39 is 0 Å². The maximum atomic E-state index is 6.25. The van der Waals surface area contributed by atoms with Crippen LogP contribution in [0, 0.1) is 0 Å². The van der Waals surface area contributed by atoms with Crippen LogP contribution in [0.5, 0.6) is 0 Å². The molecule has 1 heterocycles. The number of nitrogens with zero attached hydrogens (tertiary/aromatic N) is 1. The molecule has 2 N–H and O–H groups in total. The van der Waals surface area contributed by atoms with Crippen LogP contribution in [0.1, 0.15) is 50.4 Å². The molecule has 0 aliphatic heterocycles. The second-order valence-corrected chi connectivity index (χ2v) is 6.65. The topological polar surface area (TPSA) is 38.9 Å². The van der Waals surface area contributed by atoms with E-state index in [0.717, 1.165) is 28.7 Å². The van der Waals surface area contributed by atoms with Gasteiger partial charge in [-0.25, -0.2) is 0 Å². The van der Waals surface area contributed by atoms with Crippen molar-refractivity contribution in [3.8, 4) is 0 Å². The highest BCUT2D eigenvalue weighted by Crippen LogP contribution is 2.33. The average molecular weight is 254 g/mol. The molecule has 0 spiro atoms. The Morgan fingerprint density at radius 1 is 1.11 bits per heavy atom. The lowest BCUT2D eigenvalue weighted by atomic mass is 9.87. The molecular formula is C17H22N2. The molecule has 2 aromatic rings. The number of hydrogen-bond acceptors (Lipinski definition) is 2. The first-order chi connectivity index (χ1) is 8.97. The lowest BCUT2D eigenvalue weighted by Gasteiger charge is -2.22. The summed E-state index contributed by atoms with van der Waals surface area (Å²) >= 11 is 0. The van der Waals surface area contributed by atoms with Crippen molar-refractivity contribution >= 4 is 16.6 Å². The monoisotopic (exact) mass is 254 g/mol. The fourth-order valence-corrected chi connectivity index (χ4v) is 2.93. The fraction of sp³-hybridized carbons (Fsp3) is 0.471. The van der Waals surface area contributed by atoms with Crippen molar-refractivity contribution in [3.63, 3.8) is 0 Å². The maximum Gasteiger partial charge on any atom is 0.0760 e. The Balaban J connectivity index is 2.32. The minimum absolute atomic E-state index is 0.0414. The van der Waals surface area contributed by atoms with Crippen LogP contribution < -0.4 is 5.73 Å². The van der Waals surface area contributed by atoms with Crippen LogP contribution in [0.25, 0.3) is 10.9 Å². The molecule has 19 heavy (non-hydrogen) atoms. The highest BCUT2D eigenvalue weighted by Gasteiger charge is 2.20. The Bertz CT molecular complexity index is 636. The van der Waals surface area contributed by atoms with Crippen LogP contribution in [-0.2, 0) is 18.3 Å². The molecule has 1 aromatic heterocycles. The molecule has 0 saturated heterocycles. The molecule has 100 valence electrons. The van der Waals surface area contributed by atoms with Crippen LogP contribution in [0.3, 0.4) is 0 Å². The number of nitrogen functional groups attached to an aromatic ring is 1. The van der Waals surface area contributed by atoms with E-state index in [4.69, 9.17) is 10.7 Å². The fourth-order valence-electron chi connectivity index (χ4n) is 2.93. The molecule has 1 aliphatic carbocycles. The lowest BCUT2D eigenvalue weighted by Crippen LogP contribution is -2.15. The number of hydrogen-bond donors (Lipinski definition) is 1. The molecule has 1 aromatic carbocycles. The lowest BCUT2D eigenvalue weighted by molar-refractivity contribution is 0.571. The van der Waals surface area contributed by atoms with Gasteiger partial charge in [-0.1, -0.05) is 32.9 Å². The van der Waals surface area contributed by atoms with Gasteiger partial charge in [0.15, 0.2) is 0 Å². The van der Waals surface area contributed by atoms with Crippen molar-refractivity contribution in [2.75, 3.05) is 5.73 Å². The molecule has 3 rings (SSSR count). The Morgan fingerprint density at radius 3 is 2.58 bits per heavy atom. The predicted molar refractivity (Wildman–Crippen MR) is 81.5 cm³/mol. The van der Waals surface area contributed by atoms with Crippen molar-refractivity contribution < 1.29 is 0 Å². The van der Waals surface area contributed by atoms with Gasteiger partial charge in [-0.05, 0) is 42.9 Å². The summed E-state index contributed by atoms with van der Waals surface area (Å²) in [5.74, 6) is 0. The van der Waals surface area contributed by atoms with Crippen LogP contribution in [0.2, 0.25) is 0 Å². The smallest absolute Gasteiger partial charge is 0.0760 e. The summed E-state index contributed by atoms with van der Waals surface area (Å²) in [6, 6.07) is 6.43. The number of benzene rings is 1. The van der Waals surface area contributed by atoms with E-state index in [0.29, 0.717) is 0 Å². The molecule has 0 saturated carbocycles. The van der Waals surface area contributed by atoms with Gasteiger partial charge in [-0.3, -0.25) is 4.98 Å². The summed E-state index contributed by atoms with van der Waals surface area (Å²) in [7, 11) is 0. The Morgan fingerprint density at radius 2 is 1.84 bits per heavy atom. The minimum atomic E-state index is 0.0414. The van der Waals surface area contributed by atoms with Crippen molar-refractivity contribution in [2.24, 2.45) is 0 Å². The van der Waals surface area contributed by atoms with Gasteiger partial charge in [0.1, 0.15) is 0 Å². The van der Waals surface area contributed by atoms with Gasteiger partial charge in [0.2, 0.25) is 0 Å². The quantitative estimate of drug-likeness (QED) is 0.772. The van der Waals surface area contributed by atoms with Crippen LogP contribution in [0.4, 0.5) is 5.69 Å². The zero-order chi connectivity index (χ0) is 13.6. The van der Waals surface area contributed by atoms with Gasteiger partial charge in [0.25, 0.3) is 0 Å². The van der Waals surface area contributed by atoms with Crippen molar-refractivity contribution in [1.29, 1.82) is 0 Å². The predicted octanol–water partition coefficient (Wildman–Crippen LogP) is 3.99. The van der Waals surface area contributed by atoms with E-state index in [-0.39, 0.29) is 5.41 Å². The molecule has 1 aliphatic rings. The number of aryl methyl sites for hydroxylation is 2. The molecule has 2 nitrogen and oxygen atoms in total. The van der Waals surface area contributed by atoms with Crippen molar-refractivity contribution in [1.82, 2.24) is 4.98 Å². The molecule has 0 amide bonds.